The Morgan fingerprint density at radius 1 is 0.389 bits per heavy atom. The molecule has 0 unspecified atom stereocenters. The maximum Gasteiger partial charge on any atom is 0.0541 e. The maximum absolute atomic E-state index is 3.36. The van der Waals surface area contributed by atoms with Crippen LogP contribution in [0, 0.1) is 41.5 Å². The van der Waals surface area contributed by atoms with Gasteiger partial charge in [-0.25, -0.2) is 0 Å². The minimum Gasteiger partial charge on any atom is -0.309 e. The van der Waals surface area contributed by atoms with E-state index in [0.29, 0.717) is 0 Å². The van der Waals surface area contributed by atoms with Gasteiger partial charge in [-0.05, 0) is 155 Å². The molecule has 0 amide bonds. The minimum absolute atomic E-state index is 0. The Morgan fingerprint density at radius 3 is 1.04 bits per heavy atom. The molecule has 2 nitrogen and oxygen atoms in total. The van der Waals surface area contributed by atoms with Crippen molar-refractivity contribution in [2.75, 3.05) is 0 Å². The zero-order valence-electron chi connectivity index (χ0n) is 32.4. The van der Waals surface area contributed by atoms with E-state index in [1.54, 1.807) is 6.08 Å². The van der Waals surface area contributed by atoms with Gasteiger partial charge in [0, 0.05) is 32.9 Å². The fourth-order valence-electron chi connectivity index (χ4n) is 7.99. The van der Waals surface area contributed by atoms with Gasteiger partial charge in [0.05, 0.1) is 22.1 Å². The third kappa shape index (κ3) is 6.33. The van der Waals surface area contributed by atoms with Gasteiger partial charge in [0.25, 0.3) is 0 Å². The first-order valence-corrected chi connectivity index (χ1v) is 18.6. The predicted octanol–water partition coefficient (Wildman–Crippen LogP) is 14.4. The van der Waals surface area contributed by atoms with Gasteiger partial charge in [-0.3, -0.25) is 0 Å². The van der Waals surface area contributed by atoms with Crippen LogP contribution in [0.3, 0.4) is 0 Å². The van der Waals surface area contributed by atoms with Gasteiger partial charge in [0.1, 0.15) is 0 Å². The number of hydrogen-bond acceptors (Lipinski definition) is 0. The van der Waals surface area contributed by atoms with Gasteiger partial charge in [-0.1, -0.05) is 89.0 Å². The first-order chi connectivity index (χ1) is 25.6. The van der Waals surface area contributed by atoms with E-state index >= 15 is 0 Å². The van der Waals surface area contributed by atoms with Crippen LogP contribution in [0.2, 0.25) is 0 Å². The van der Waals surface area contributed by atoms with E-state index in [1.807, 2.05) is 6.92 Å². The standard InChI is InChI=1S/C48H40N2.C3H6.H2S/c1-29-7-15-37(16-8-29)49-45-19-11-31(3)23-41(45)43-27-35(13-21-47(43)49)39-25-34(6)40(26-33(39)5)36-14-22-48-44(28-36)42-24-32(4)12-20-46(42)50(48)38-17-9-30(2)10-18-38;1-3-2;/h7-28H,1-6H3;3H,1H2,2H3;1H2. The van der Waals surface area contributed by atoms with E-state index < -0.39 is 0 Å². The fourth-order valence-corrected chi connectivity index (χ4v) is 7.99. The van der Waals surface area contributed by atoms with Crippen molar-refractivity contribution in [3.05, 3.63) is 179 Å². The molecule has 268 valence electrons. The molecule has 0 atom stereocenters. The number of aryl methyl sites for hydroxylation is 6. The van der Waals surface area contributed by atoms with Crippen LogP contribution in [0.1, 0.15) is 40.3 Å². The van der Waals surface area contributed by atoms with E-state index in [-0.39, 0.29) is 13.5 Å². The lowest BCUT2D eigenvalue weighted by Crippen LogP contribution is -1.94. The monoisotopic (exact) mass is 720 g/mol. The predicted molar refractivity (Wildman–Crippen MR) is 241 cm³/mol. The molecule has 54 heavy (non-hydrogen) atoms. The molecule has 0 bridgehead atoms. The smallest absolute Gasteiger partial charge is 0.0541 e. The summed E-state index contributed by atoms with van der Waals surface area (Å²) in [6.45, 7) is 18.4. The number of hydrogen-bond donors (Lipinski definition) is 0. The van der Waals surface area contributed by atoms with Gasteiger partial charge in [0.2, 0.25) is 0 Å². The van der Waals surface area contributed by atoms with Crippen molar-refractivity contribution in [2.24, 2.45) is 0 Å². The van der Waals surface area contributed by atoms with Crippen molar-refractivity contribution in [2.45, 2.75) is 48.5 Å². The summed E-state index contributed by atoms with van der Waals surface area (Å²) in [4.78, 5) is 0. The normalized spacial score (nSPS) is 11.2. The van der Waals surface area contributed by atoms with Crippen LogP contribution in [-0.2, 0) is 0 Å². The molecule has 7 aromatic carbocycles. The van der Waals surface area contributed by atoms with Crippen LogP contribution < -0.4 is 0 Å². The number of fused-ring (bicyclic) bond motifs is 6. The van der Waals surface area contributed by atoms with E-state index in [4.69, 9.17) is 0 Å². The van der Waals surface area contributed by atoms with Gasteiger partial charge in [-0.15, -0.1) is 6.58 Å². The van der Waals surface area contributed by atoms with E-state index in [2.05, 4.69) is 191 Å². The Hall–Kier alpha value is -5.77. The summed E-state index contributed by atoms with van der Waals surface area (Å²) in [6.07, 6.45) is 1.75. The lowest BCUT2D eigenvalue weighted by molar-refractivity contribution is 1.17. The second-order valence-electron chi connectivity index (χ2n) is 14.7. The molecule has 0 aliphatic carbocycles. The largest absolute Gasteiger partial charge is 0.309 e. The van der Waals surface area contributed by atoms with Gasteiger partial charge in [-0.2, -0.15) is 13.5 Å². The van der Waals surface area contributed by atoms with E-state index in [0.717, 1.165) is 0 Å². The lowest BCUT2D eigenvalue weighted by Gasteiger charge is -2.14. The third-order valence-electron chi connectivity index (χ3n) is 10.6. The molecule has 0 spiro atoms. The van der Waals surface area contributed by atoms with Crippen LogP contribution in [0.4, 0.5) is 0 Å². The van der Waals surface area contributed by atoms with Crippen molar-refractivity contribution in [1.82, 2.24) is 9.13 Å². The van der Waals surface area contributed by atoms with Crippen molar-refractivity contribution in [3.8, 4) is 33.6 Å². The molecule has 0 N–H and O–H groups in total. The number of nitrogens with zero attached hydrogens (tertiary/aromatic N) is 2. The zero-order chi connectivity index (χ0) is 37.0. The van der Waals surface area contributed by atoms with Crippen molar-refractivity contribution >= 4 is 57.1 Å². The van der Waals surface area contributed by atoms with Crippen molar-refractivity contribution in [1.29, 1.82) is 0 Å². The molecular formula is C51H48N2S. The molecule has 0 aliphatic heterocycles. The Bertz CT molecular complexity index is 2650. The van der Waals surface area contributed by atoms with Gasteiger partial charge >= 0.3 is 0 Å². The Morgan fingerprint density at radius 2 is 0.685 bits per heavy atom. The molecule has 0 aliphatic rings. The molecule has 9 rings (SSSR count). The molecule has 2 aromatic heterocycles. The number of aromatic nitrogens is 2. The van der Waals surface area contributed by atoms with Crippen LogP contribution in [0.5, 0.6) is 0 Å². The topological polar surface area (TPSA) is 9.86 Å². The highest BCUT2D eigenvalue weighted by Crippen LogP contribution is 2.40. The quantitative estimate of drug-likeness (QED) is 0.160. The van der Waals surface area contributed by atoms with Crippen LogP contribution in [0.25, 0.3) is 77.2 Å². The number of rotatable bonds is 4. The highest BCUT2D eigenvalue weighted by Gasteiger charge is 2.17. The Kier molecular flexibility index (Phi) is 9.87. The number of benzene rings is 7. The Labute approximate surface area is 326 Å². The van der Waals surface area contributed by atoms with Crippen LogP contribution >= 0.6 is 13.5 Å². The molecule has 0 radical (unpaired) electrons. The summed E-state index contributed by atoms with van der Waals surface area (Å²) in [5.74, 6) is 0. The molecule has 9 aromatic rings. The van der Waals surface area contributed by atoms with E-state index in [1.165, 1.54) is 111 Å². The molecule has 0 saturated heterocycles. The van der Waals surface area contributed by atoms with Gasteiger partial charge in [0.15, 0.2) is 0 Å². The highest BCUT2D eigenvalue weighted by molar-refractivity contribution is 7.59. The second kappa shape index (κ2) is 14.6. The van der Waals surface area contributed by atoms with Crippen LogP contribution in [0.15, 0.2) is 146 Å². The fraction of sp³-hybridized carbons (Fsp3) is 0.137. The maximum atomic E-state index is 3.36. The van der Waals surface area contributed by atoms with E-state index in [9.17, 15) is 0 Å². The molecular weight excluding hydrogens is 673 g/mol. The lowest BCUT2D eigenvalue weighted by atomic mass is 9.91. The van der Waals surface area contributed by atoms with Crippen molar-refractivity contribution < 1.29 is 0 Å². The Balaban J connectivity index is 0.00000109. The molecule has 0 saturated carbocycles. The second-order valence-corrected chi connectivity index (χ2v) is 14.7. The molecule has 0 fully saturated rings. The highest BCUT2D eigenvalue weighted by atomic mass is 32.1. The summed E-state index contributed by atoms with van der Waals surface area (Å²) in [5, 5.41) is 5.16. The number of allylic oxidation sites excluding steroid dienone is 1. The summed E-state index contributed by atoms with van der Waals surface area (Å²) < 4.78 is 4.81. The summed E-state index contributed by atoms with van der Waals surface area (Å²) in [7, 11) is 0. The zero-order valence-corrected chi connectivity index (χ0v) is 33.4. The van der Waals surface area contributed by atoms with Gasteiger partial charge < -0.3 is 9.13 Å². The van der Waals surface area contributed by atoms with Crippen LogP contribution in [-0.4, -0.2) is 9.13 Å². The summed E-state index contributed by atoms with van der Waals surface area (Å²) >= 11 is 0. The SMILES string of the molecule is C=CC.Cc1ccc(-n2c3ccc(C)cc3c3cc(-c4cc(C)c(-c5ccc6c(c5)c5cc(C)ccc5n6-c5ccc(C)cc5)cc4C)ccc32)cc1.S. The van der Waals surface area contributed by atoms with Crippen molar-refractivity contribution in [3.63, 3.8) is 0 Å². The third-order valence-corrected chi connectivity index (χ3v) is 10.6. The molecule has 3 heteroatoms. The molecule has 2 heterocycles. The average molecular weight is 721 g/mol. The summed E-state index contributed by atoms with van der Waals surface area (Å²) in [6, 6.07) is 50.2. The first-order valence-electron chi connectivity index (χ1n) is 18.6. The average Bonchev–Trinajstić information content (AvgIpc) is 3.64. The first kappa shape index (κ1) is 36.6. The summed E-state index contributed by atoms with van der Waals surface area (Å²) in [5.41, 5.74) is 20.0. The minimum atomic E-state index is 0.